The number of halogens is 1. The molecule has 3 rings (SSSR count). The number of sulfonamides is 1. The number of fused-ring (bicyclic) bond motifs is 1. The Morgan fingerprint density at radius 2 is 2.09 bits per heavy atom. The molecule has 0 unspecified atom stereocenters. The molecule has 0 aliphatic heterocycles. The van der Waals surface area contributed by atoms with Gasteiger partial charge in [-0.3, -0.25) is 4.72 Å². The molecule has 3 aromatic rings. The highest BCUT2D eigenvalue weighted by molar-refractivity contribution is 9.10. The van der Waals surface area contributed by atoms with E-state index in [1.165, 1.54) is 11.3 Å². The molecule has 0 aliphatic carbocycles. The molecule has 0 aliphatic rings. The van der Waals surface area contributed by atoms with Gasteiger partial charge in [0.2, 0.25) is 0 Å². The van der Waals surface area contributed by atoms with Crippen LogP contribution in [0.1, 0.15) is 6.92 Å². The molecule has 1 N–H and O–H groups in total. The monoisotopic (exact) mass is 428 g/mol. The van der Waals surface area contributed by atoms with Crippen LogP contribution < -0.4 is 4.72 Å². The fourth-order valence-electron chi connectivity index (χ4n) is 2.00. The topological polar surface area (TPSA) is 59.1 Å². The quantitative estimate of drug-likeness (QED) is 0.582. The van der Waals surface area contributed by atoms with Gasteiger partial charge in [0.1, 0.15) is 0 Å². The van der Waals surface area contributed by atoms with Gasteiger partial charge >= 0.3 is 0 Å². The van der Waals surface area contributed by atoms with Crippen LogP contribution in [-0.2, 0) is 10.0 Å². The first-order valence-electron chi connectivity index (χ1n) is 6.80. The van der Waals surface area contributed by atoms with E-state index in [2.05, 4.69) is 32.6 Å². The summed E-state index contributed by atoms with van der Waals surface area (Å²) in [6.45, 7) is 2.06. The van der Waals surface area contributed by atoms with Crippen molar-refractivity contribution in [1.82, 2.24) is 4.98 Å². The summed E-state index contributed by atoms with van der Waals surface area (Å²) in [7, 11) is -3.62. The third kappa shape index (κ3) is 3.88. The number of nitrogens with zero attached hydrogens (tertiary/aromatic N) is 1. The van der Waals surface area contributed by atoms with Crippen molar-refractivity contribution in [3.63, 3.8) is 0 Å². The zero-order valence-corrected chi connectivity index (χ0v) is 16.2. The molecular weight excluding hydrogens is 416 g/mol. The summed E-state index contributed by atoms with van der Waals surface area (Å²) in [5, 5.41) is 0. The standard InChI is InChI=1S/C15H13BrN2O2S3/c1-2-21-15-17-13-7-6-12(9-14(13)22-15)23(19,20)18-11-5-3-4-10(16)8-11/h3-9,18H,2H2,1H3. The zero-order chi connectivity index (χ0) is 16.4. The second-order valence-corrected chi connectivity index (χ2v) is 9.80. The number of rotatable bonds is 5. The number of aromatic nitrogens is 1. The Kier molecular flexibility index (Phi) is 4.96. The Morgan fingerprint density at radius 1 is 1.26 bits per heavy atom. The average molecular weight is 429 g/mol. The Bertz CT molecular complexity index is 954. The molecule has 0 saturated carbocycles. The van der Waals surface area contributed by atoms with Gasteiger partial charge in [-0.25, -0.2) is 13.4 Å². The maximum Gasteiger partial charge on any atom is 0.261 e. The van der Waals surface area contributed by atoms with E-state index in [0.717, 1.165) is 24.8 Å². The van der Waals surface area contributed by atoms with E-state index in [4.69, 9.17) is 0 Å². The van der Waals surface area contributed by atoms with Crippen LogP contribution in [0.2, 0.25) is 0 Å². The van der Waals surface area contributed by atoms with Crippen LogP contribution in [0.5, 0.6) is 0 Å². The van der Waals surface area contributed by atoms with Gasteiger partial charge in [0.05, 0.1) is 15.1 Å². The highest BCUT2D eigenvalue weighted by atomic mass is 79.9. The number of hydrogen-bond donors (Lipinski definition) is 1. The minimum Gasteiger partial charge on any atom is -0.280 e. The van der Waals surface area contributed by atoms with Gasteiger partial charge in [-0.05, 0) is 42.2 Å². The minimum absolute atomic E-state index is 0.238. The zero-order valence-electron chi connectivity index (χ0n) is 12.1. The van der Waals surface area contributed by atoms with E-state index < -0.39 is 10.0 Å². The molecule has 120 valence electrons. The van der Waals surface area contributed by atoms with Gasteiger partial charge in [-0.15, -0.1) is 11.3 Å². The van der Waals surface area contributed by atoms with Gasteiger partial charge in [-0.1, -0.05) is 40.7 Å². The number of benzene rings is 2. The van der Waals surface area contributed by atoms with Crippen molar-refractivity contribution in [2.24, 2.45) is 0 Å². The third-order valence-electron chi connectivity index (χ3n) is 3.00. The number of nitrogens with one attached hydrogen (secondary N) is 1. The Morgan fingerprint density at radius 3 is 2.83 bits per heavy atom. The van der Waals surface area contributed by atoms with Crippen molar-refractivity contribution in [3.05, 3.63) is 46.9 Å². The molecule has 2 aromatic carbocycles. The molecule has 0 atom stereocenters. The lowest BCUT2D eigenvalue weighted by Gasteiger charge is -2.08. The molecule has 1 heterocycles. The lowest BCUT2D eigenvalue weighted by molar-refractivity contribution is 0.601. The summed E-state index contributed by atoms with van der Waals surface area (Å²) in [5.74, 6) is 0.940. The molecule has 23 heavy (non-hydrogen) atoms. The van der Waals surface area contributed by atoms with Crippen LogP contribution in [0.4, 0.5) is 5.69 Å². The molecular formula is C15H13BrN2O2S3. The molecule has 0 amide bonds. The van der Waals surface area contributed by atoms with Gasteiger partial charge < -0.3 is 0 Å². The number of thiazole rings is 1. The van der Waals surface area contributed by atoms with Crippen molar-refractivity contribution < 1.29 is 8.42 Å². The minimum atomic E-state index is -3.62. The van der Waals surface area contributed by atoms with Crippen LogP contribution in [0.25, 0.3) is 10.2 Å². The Labute approximate surface area is 151 Å². The predicted molar refractivity (Wildman–Crippen MR) is 101 cm³/mol. The van der Waals surface area contributed by atoms with Crippen LogP contribution in [0, 0.1) is 0 Å². The maximum absolute atomic E-state index is 12.5. The molecule has 0 spiro atoms. The Hall–Kier alpha value is -1.09. The predicted octanol–water partition coefficient (Wildman–Crippen LogP) is 4.97. The molecule has 8 heteroatoms. The van der Waals surface area contributed by atoms with Gasteiger partial charge in [0, 0.05) is 10.2 Å². The number of anilines is 1. The van der Waals surface area contributed by atoms with E-state index in [9.17, 15) is 8.42 Å². The van der Waals surface area contributed by atoms with Gasteiger partial charge in [-0.2, -0.15) is 0 Å². The summed E-state index contributed by atoms with van der Waals surface area (Å²) in [6.07, 6.45) is 0. The van der Waals surface area contributed by atoms with Gasteiger partial charge in [0.15, 0.2) is 4.34 Å². The van der Waals surface area contributed by atoms with E-state index >= 15 is 0 Å². The van der Waals surface area contributed by atoms with Crippen LogP contribution in [0.15, 0.2) is 56.2 Å². The fourth-order valence-corrected chi connectivity index (χ4v) is 5.56. The first-order chi connectivity index (χ1) is 11.0. The first kappa shape index (κ1) is 16.8. The van der Waals surface area contributed by atoms with Gasteiger partial charge in [0.25, 0.3) is 10.0 Å². The lowest BCUT2D eigenvalue weighted by Crippen LogP contribution is -2.12. The normalized spacial score (nSPS) is 11.7. The summed E-state index contributed by atoms with van der Waals surface area (Å²) >= 11 is 6.50. The second kappa shape index (κ2) is 6.80. The SMILES string of the molecule is CCSc1nc2ccc(S(=O)(=O)Nc3cccc(Br)c3)cc2s1. The number of thioether (sulfide) groups is 1. The molecule has 1 aromatic heterocycles. The van der Waals surface area contributed by atoms with Crippen molar-refractivity contribution in [2.75, 3.05) is 10.5 Å². The Balaban J connectivity index is 1.94. The third-order valence-corrected chi connectivity index (χ3v) is 6.91. The van der Waals surface area contributed by atoms with Crippen LogP contribution in [-0.4, -0.2) is 19.2 Å². The van der Waals surface area contributed by atoms with Crippen LogP contribution in [0.3, 0.4) is 0 Å². The van der Waals surface area contributed by atoms with E-state index in [-0.39, 0.29) is 4.90 Å². The summed E-state index contributed by atoms with van der Waals surface area (Å²) in [4.78, 5) is 4.72. The van der Waals surface area contributed by atoms with Crippen molar-refractivity contribution in [1.29, 1.82) is 0 Å². The lowest BCUT2D eigenvalue weighted by atomic mass is 10.3. The molecule has 4 nitrogen and oxygen atoms in total. The highest BCUT2D eigenvalue weighted by Crippen LogP contribution is 2.31. The summed E-state index contributed by atoms with van der Waals surface area (Å²) in [5.41, 5.74) is 1.35. The van der Waals surface area contributed by atoms with Crippen molar-refractivity contribution in [3.8, 4) is 0 Å². The molecule has 0 saturated heterocycles. The summed E-state index contributed by atoms with van der Waals surface area (Å²) < 4.78 is 30.3. The maximum atomic E-state index is 12.5. The van der Waals surface area contributed by atoms with Crippen molar-refractivity contribution >= 4 is 65.0 Å². The van der Waals surface area contributed by atoms with E-state index in [1.54, 1.807) is 48.2 Å². The van der Waals surface area contributed by atoms with Crippen LogP contribution >= 0.6 is 39.0 Å². The molecule has 0 fully saturated rings. The summed E-state index contributed by atoms with van der Waals surface area (Å²) in [6, 6.07) is 12.1. The smallest absolute Gasteiger partial charge is 0.261 e. The average Bonchev–Trinajstić information content (AvgIpc) is 2.88. The van der Waals surface area contributed by atoms with Crippen molar-refractivity contribution in [2.45, 2.75) is 16.2 Å². The van der Waals surface area contributed by atoms with E-state index in [0.29, 0.717) is 5.69 Å². The fraction of sp³-hybridized carbons (Fsp3) is 0.133. The van der Waals surface area contributed by atoms with E-state index in [1.807, 2.05) is 6.07 Å². The number of hydrogen-bond acceptors (Lipinski definition) is 5. The molecule has 0 radical (unpaired) electrons. The highest BCUT2D eigenvalue weighted by Gasteiger charge is 2.16. The second-order valence-electron chi connectivity index (χ2n) is 4.66. The first-order valence-corrected chi connectivity index (χ1v) is 10.9. The molecule has 0 bridgehead atoms. The largest absolute Gasteiger partial charge is 0.280 e.